The number of aromatic hydroxyl groups is 2. The summed E-state index contributed by atoms with van der Waals surface area (Å²) >= 11 is 6.47. The molecule has 0 amide bonds. The second-order valence-electron chi connectivity index (χ2n) is 6.05. The highest BCUT2D eigenvalue weighted by atomic mass is 35.5. The van der Waals surface area contributed by atoms with Gasteiger partial charge in [-0.3, -0.25) is 0 Å². The molecular weight excluding hydrogens is 310 g/mol. The van der Waals surface area contributed by atoms with Gasteiger partial charge in [0.05, 0.1) is 5.02 Å². The van der Waals surface area contributed by atoms with Crippen LogP contribution in [0.5, 0.6) is 11.5 Å². The van der Waals surface area contributed by atoms with Crippen LogP contribution in [0.3, 0.4) is 0 Å². The molecule has 0 spiro atoms. The van der Waals surface area contributed by atoms with E-state index < -0.39 is 0 Å². The Bertz CT molecular complexity index is 701. The Kier molecular flexibility index (Phi) is 4.79. The first-order chi connectivity index (χ1) is 11.1. The fourth-order valence-electron chi connectivity index (χ4n) is 3.51. The van der Waals surface area contributed by atoms with Crippen LogP contribution in [0.25, 0.3) is 0 Å². The Hall–Kier alpha value is -1.71. The average molecular weight is 332 g/mol. The molecule has 3 N–H and O–H groups in total. The molecule has 0 aromatic heterocycles. The molecule has 4 heteroatoms. The van der Waals surface area contributed by atoms with Gasteiger partial charge in [-0.1, -0.05) is 55.3 Å². The zero-order valence-electron chi connectivity index (χ0n) is 13.3. The summed E-state index contributed by atoms with van der Waals surface area (Å²) in [6.07, 6.45) is 2.45. The maximum absolute atomic E-state index is 10.4. The number of fused-ring (bicyclic) bond motifs is 1. The van der Waals surface area contributed by atoms with Gasteiger partial charge in [0.15, 0.2) is 11.5 Å². The Morgan fingerprint density at radius 1 is 1.17 bits per heavy atom. The van der Waals surface area contributed by atoms with E-state index in [4.69, 9.17) is 11.6 Å². The number of hydrogen-bond donors (Lipinski definition) is 3. The second-order valence-corrected chi connectivity index (χ2v) is 6.43. The van der Waals surface area contributed by atoms with Gasteiger partial charge < -0.3 is 15.5 Å². The maximum atomic E-state index is 10.4. The molecule has 0 bridgehead atoms. The molecule has 1 unspecified atom stereocenters. The van der Waals surface area contributed by atoms with Crippen molar-refractivity contribution in [3.8, 4) is 11.5 Å². The highest BCUT2D eigenvalue weighted by molar-refractivity contribution is 6.33. The molecule has 0 saturated carbocycles. The molecule has 2 aromatic carbocycles. The molecule has 0 radical (unpaired) electrons. The molecule has 0 fully saturated rings. The summed E-state index contributed by atoms with van der Waals surface area (Å²) < 4.78 is 0. The van der Waals surface area contributed by atoms with Crippen molar-refractivity contribution in [1.29, 1.82) is 0 Å². The zero-order chi connectivity index (χ0) is 16.4. The smallest absolute Gasteiger partial charge is 0.177 e. The number of benzene rings is 2. The second kappa shape index (κ2) is 6.81. The first kappa shape index (κ1) is 16.2. The summed E-state index contributed by atoms with van der Waals surface area (Å²) in [5.41, 5.74) is 4.05. The normalized spacial score (nSPS) is 17.6. The summed E-state index contributed by atoms with van der Waals surface area (Å²) in [5.74, 6) is -0.163. The molecule has 3 nitrogen and oxygen atoms in total. The Morgan fingerprint density at radius 2 is 1.91 bits per heavy atom. The van der Waals surface area contributed by atoms with Gasteiger partial charge in [0.2, 0.25) is 0 Å². The van der Waals surface area contributed by atoms with Crippen LogP contribution in [0.15, 0.2) is 30.3 Å². The van der Waals surface area contributed by atoms with E-state index in [0.29, 0.717) is 0 Å². The van der Waals surface area contributed by atoms with Crippen molar-refractivity contribution in [2.45, 2.75) is 32.1 Å². The molecule has 2 aromatic rings. The summed E-state index contributed by atoms with van der Waals surface area (Å²) in [6.45, 7) is 3.68. The van der Waals surface area contributed by atoms with Crippen molar-refractivity contribution in [2.75, 3.05) is 13.1 Å². The van der Waals surface area contributed by atoms with Crippen LogP contribution in [0.4, 0.5) is 0 Å². The minimum atomic E-state index is -0.184. The molecule has 3 rings (SSSR count). The highest BCUT2D eigenvalue weighted by Crippen LogP contribution is 2.47. The van der Waals surface area contributed by atoms with Crippen LogP contribution in [0.2, 0.25) is 5.02 Å². The van der Waals surface area contributed by atoms with Crippen LogP contribution < -0.4 is 5.32 Å². The number of nitrogens with one attached hydrogen (secondary N) is 1. The first-order valence-corrected chi connectivity index (χ1v) is 8.53. The SMILES string of the molecule is CCCc1c(O)c(O)c(Cl)c2c1CCNCC2c1ccccc1. The summed E-state index contributed by atoms with van der Waals surface area (Å²) in [6, 6.07) is 10.2. The molecule has 0 aliphatic carbocycles. The van der Waals surface area contributed by atoms with E-state index in [1.165, 1.54) is 0 Å². The number of rotatable bonds is 3. The highest BCUT2D eigenvalue weighted by Gasteiger charge is 2.29. The molecule has 1 aliphatic rings. The predicted molar refractivity (Wildman–Crippen MR) is 93.6 cm³/mol. The van der Waals surface area contributed by atoms with E-state index in [-0.39, 0.29) is 22.4 Å². The van der Waals surface area contributed by atoms with Crippen LogP contribution in [-0.4, -0.2) is 23.3 Å². The van der Waals surface area contributed by atoms with Crippen LogP contribution in [-0.2, 0) is 12.8 Å². The number of hydrogen-bond acceptors (Lipinski definition) is 3. The molecule has 23 heavy (non-hydrogen) atoms. The number of phenols is 2. The van der Waals surface area contributed by atoms with E-state index in [2.05, 4.69) is 24.4 Å². The molecule has 1 heterocycles. The third-order valence-electron chi connectivity index (χ3n) is 4.59. The van der Waals surface area contributed by atoms with Gasteiger partial charge in [-0.2, -0.15) is 0 Å². The minimum Gasteiger partial charge on any atom is -0.504 e. The zero-order valence-corrected chi connectivity index (χ0v) is 14.0. The molecular formula is C19H22ClNO2. The van der Waals surface area contributed by atoms with Crippen LogP contribution >= 0.6 is 11.6 Å². The van der Waals surface area contributed by atoms with E-state index >= 15 is 0 Å². The lowest BCUT2D eigenvalue weighted by molar-refractivity contribution is 0.397. The average Bonchev–Trinajstić information content (AvgIpc) is 2.80. The third kappa shape index (κ3) is 2.91. The van der Waals surface area contributed by atoms with Gasteiger partial charge in [-0.25, -0.2) is 0 Å². The Labute approximate surface area is 141 Å². The topological polar surface area (TPSA) is 52.5 Å². The Morgan fingerprint density at radius 3 is 2.61 bits per heavy atom. The van der Waals surface area contributed by atoms with Crippen molar-refractivity contribution in [1.82, 2.24) is 5.32 Å². The van der Waals surface area contributed by atoms with Gasteiger partial charge >= 0.3 is 0 Å². The van der Waals surface area contributed by atoms with Crippen molar-refractivity contribution < 1.29 is 10.2 Å². The summed E-state index contributed by atoms with van der Waals surface area (Å²) in [4.78, 5) is 0. The van der Waals surface area contributed by atoms with Gasteiger partial charge in [0, 0.05) is 18.0 Å². The van der Waals surface area contributed by atoms with Crippen molar-refractivity contribution in [3.05, 3.63) is 57.6 Å². The van der Waals surface area contributed by atoms with Crippen LogP contribution in [0, 0.1) is 0 Å². The van der Waals surface area contributed by atoms with Gasteiger partial charge in [-0.15, -0.1) is 0 Å². The lowest BCUT2D eigenvalue weighted by atomic mass is 9.84. The van der Waals surface area contributed by atoms with Crippen molar-refractivity contribution in [3.63, 3.8) is 0 Å². The largest absolute Gasteiger partial charge is 0.504 e. The molecule has 0 saturated heterocycles. The number of phenolic OH excluding ortho intramolecular Hbond substituents is 2. The minimum absolute atomic E-state index is 0.0516. The molecule has 122 valence electrons. The van der Waals surface area contributed by atoms with Crippen molar-refractivity contribution in [2.24, 2.45) is 0 Å². The lowest BCUT2D eigenvalue weighted by Crippen LogP contribution is -2.21. The monoisotopic (exact) mass is 331 g/mol. The van der Waals surface area contributed by atoms with Gasteiger partial charge in [0.25, 0.3) is 0 Å². The first-order valence-electron chi connectivity index (χ1n) is 8.15. The van der Waals surface area contributed by atoms with E-state index in [0.717, 1.165) is 54.6 Å². The van der Waals surface area contributed by atoms with E-state index in [9.17, 15) is 10.2 Å². The molecule has 1 atom stereocenters. The standard InChI is InChI=1S/C19H22ClNO2/c1-2-6-14-13-9-10-21-11-15(12-7-4-3-5-8-12)16(13)17(20)19(23)18(14)22/h3-5,7-8,15,21-23H,2,6,9-11H2,1H3. The summed E-state index contributed by atoms with van der Waals surface area (Å²) in [7, 11) is 0. The number of halogens is 1. The molecule has 1 aliphatic heterocycles. The lowest BCUT2D eigenvalue weighted by Gasteiger charge is -2.23. The van der Waals surface area contributed by atoms with E-state index in [1.54, 1.807) is 0 Å². The Balaban J connectivity index is 2.24. The quantitative estimate of drug-likeness (QED) is 0.746. The third-order valence-corrected chi connectivity index (χ3v) is 4.98. The predicted octanol–water partition coefficient (Wildman–Crippen LogP) is 3.98. The van der Waals surface area contributed by atoms with Crippen molar-refractivity contribution >= 4 is 11.6 Å². The summed E-state index contributed by atoms with van der Waals surface area (Å²) in [5, 5.41) is 24.4. The fourth-order valence-corrected chi connectivity index (χ4v) is 3.85. The van der Waals surface area contributed by atoms with Gasteiger partial charge in [-0.05, 0) is 36.1 Å². The maximum Gasteiger partial charge on any atom is 0.177 e. The fraction of sp³-hybridized carbons (Fsp3) is 0.368. The van der Waals surface area contributed by atoms with E-state index in [1.807, 2.05) is 18.2 Å². The van der Waals surface area contributed by atoms with Gasteiger partial charge in [0.1, 0.15) is 0 Å². The van der Waals surface area contributed by atoms with Crippen LogP contribution in [0.1, 0.15) is 41.5 Å².